The zero-order chi connectivity index (χ0) is 21.9. The summed E-state index contributed by atoms with van der Waals surface area (Å²) in [5.74, 6) is -0.0650. The molecule has 0 aliphatic rings. The van der Waals surface area contributed by atoms with Crippen molar-refractivity contribution in [3.63, 3.8) is 0 Å². The van der Waals surface area contributed by atoms with Crippen molar-refractivity contribution in [1.82, 2.24) is 10.3 Å². The number of pyridine rings is 1. The van der Waals surface area contributed by atoms with Gasteiger partial charge in [-0.3, -0.25) is 9.78 Å². The third kappa shape index (κ3) is 7.38. The lowest BCUT2D eigenvalue weighted by atomic mass is 9.96. The van der Waals surface area contributed by atoms with Gasteiger partial charge in [0, 0.05) is 25.0 Å². The molecular formula is C28H30N2O. The van der Waals surface area contributed by atoms with Crippen molar-refractivity contribution in [2.24, 2.45) is 0 Å². The molecule has 2 aromatic carbocycles. The molecule has 1 amide bonds. The van der Waals surface area contributed by atoms with E-state index in [1.165, 1.54) is 16.7 Å². The molecule has 3 nitrogen and oxygen atoms in total. The number of unbranched alkanes of at least 4 members (excludes halogenated alkanes) is 1. The van der Waals surface area contributed by atoms with Gasteiger partial charge in [0.1, 0.15) is 0 Å². The van der Waals surface area contributed by atoms with E-state index in [1.807, 2.05) is 24.4 Å². The van der Waals surface area contributed by atoms with Gasteiger partial charge in [-0.1, -0.05) is 77.9 Å². The lowest BCUT2D eigenvalue weighted by Gasteiger charge is -2.09. The van der Waals surface area contributed by atoms with E-state index >= 15 is 0 Å². The molecule has 0 bridgehead atoms. The summed E-state index contributed by atoms with van der Waals surface area (Å²) in [6, 6.07) is 21.0. The molecule has 0 unspecified atom stereocenters. The van der Waals surface area contributed by atoms with Gasteiger partial charge in [0.05, 0.1) is 0 Å². The van der Waals surface area contributed by atoms with Crippen LogP contribution >= 0.6 is 0 Å². The van der Waals surface area contributed by atoms with Crippen molar-refractivity contribution in [3.8, 4) is 0 Å². The molecule has 1 heterocycles. The highest BCUT2D eigenvalue weighted by molar-refractivity contribution is 5.89. The summed E-state index contributed by atoms with van der Waals surface area (Å²) >= 11 is 0. The minimum Gasteiger partial charge on any atom is -0.353 e. The van der Waals surface area contributed by atoms with Crippen LogP contribution < -0.4 is 5.32 Å². The van der Waals surface area contributed by atoms with Crippen molar-refractivity contribution in [2.45, 2.75) is 33.1 Å². The molecule has 158 valence electrons. The standard InChI is InChI=1S/C28H30N2O/c1-22-11-15-25(16-12-22)27(26-17-13-23(2)14-18-26)9-5-10-28(31)30-20-4-3-7-24-8-6-19-29-21-24/h5-6,8-19,21H,3-4,7,20H2,1-2H3,(H,30,31). The normalized spacial score (nSPS) is 10.8. The number of amides is 1. The molecule has 0 spiro atoms. The number of hydrogen-bond donors (Lipinski definition) is 1. The molecule has 3 rings (SSSR count). The Labute approximate surface area is 185 Å². The molecule has 0 saturated heterocycles. The van der Waals surface area contributed by atoms with Gasteiger partial charge in [0.25, 0.3) is 0 Å². The molecule has 0 saturated carbocycles. The average molecular weight is 411 g/mol. The van der Waals surface area contributed by atoms with Crippen LogP contribution in [0.25, 0.3) is 5.57 Å². The van der Waals surface area contributed by atoms with Gasteiger partial charge >= 0.3 is 0 Å². The third-order valence-corrected chi connectivity index (χ3v) is 5.15. The number of nitrogens with zero attached hydrogens (tertiary/aromatic N) is 1. The molecule has 0 fully saturated rings. The Morgan fingerprint density at radius 2 is 1.55 bits per heavy atom. The van der Waals surface area contributed by atoms with Crippen molar-refractivity contribution in [2.75, 3.05) is 6.54 Å². The Morgan fingerprint density at radius 3 is 2.13 bits per heavy atom. The molecule has 1 aromatic heterocycles. The fourth-order valence-corrected chi connectivity index (χ4v) is 3.33. The highest BCUT2D eigenvalue weighted by Gasteiger charge is 2.04. The van der Waals surface area contributed by atoms with E-state index in [0.29, 0.717) is 6.54 Å². The van der Waals surface area contributed by atoms with E-state index in [-0.39, 0.29) is 5.91 Å². The second-order valence-electron chi connectivity index (χ2n) is 7.78. The summed E-state index contributed by atoms with van der Waals surface area (Å²) in [7, 11) is 0. The van der Waals surface area contributed by atoms with Crippen LogP contribution in [0, 0.1) is 13.8 Å². The van der Waals surface area contributed by atoms with Gasteiger partial charge in [0.2, 0.25) is 5.91 Å². The molecular weight excluding hydrogens is 380 g/mol. The van der Waals surface area contributed by atoms with Crippen molar-refractivity contribution in [3.05, 3.63) is 119 Å². The molecule has 0 radical (unpaired) electrons. The largest absolute Gasteiger partial charge is 0.353 e. The lowest BCUT2D eigenvalue weighted by molar-refractivity contribution is -0.116. The molecule has 0 aliphatic heterocycles. The zero-order valence-corrected chi connectivity index (χ0v) is 18.3. The summed E-state index contributed by atoms with van der Waals surface area (Å²) in [5, 5.41) is 2.97. The number of carbonyl (C=O) groups is 1. The Hall–Kier alpha value is -3.46. The minimum atomic E-state index is -0.0650. The van der Waals surface area contributed by atoms with E-state index in [1.54, 1.807) is 12.3 Å². The first-order valence-corrected chi connectivity index (χ1v) is 10.8. The second kappa shape index (κ2) is 11.7. The van der Waals surface area contributed by atoms with Crippen LogP contribution in [0.2, 0.25) is 0 Å². The first-order chi connectivity index (χ1) is 15.1. The average Bonchev–Trinajstić information content (AvgIpc) is 2.79. The minimum absolute atomic E-state index is 0.0650. The Balaban J connectivity index is 1.56. The molecule has 0 atom stereocenters. The zero-order valence-electron chi connectivity index (χ0n) is 18.3. The number of carbonyl (C=O) groups excluding carboxylic acids is 1. The number of nitrogens with one attached hydrogen (secondary N) is 1. The van der Waals surface area contributed by atoms with Gasteiger partial charge in [-0.05, 0) is 61.4 Å². The first kappa shape index (κ1) is 22.2. The number of aryl methyl sites for hydroxylation is 3. The maximum Gasteiger partial charge on any atom is 0.243 e. The third-order valence-electron chi connectivity index (χ3n) is 5.15. The van der Waals surface area contributed by atoms with Gasteiger partial charge in [-0.2, -0.15) is 0 Å². The van der Waals surface area contributed by atoms with Gasteiger partial charge in [-0.15, -0.1) is 0 Å². The molecule has 3 aromatic rings. The number of rotatable bonds is 9. The summed E-state index contributed by atoms with van der Waals surface area (Å²) in [4.78, 5) is 16.3. The van der Waals surface area contributed by atoms with Crippen LogP contribution in [0.5, 0.6) is 0 Å². The fraction of sp³-hybridized carbons (Fsp3) is 0.214. The Bertz CT molecular complexity index is 969. The highest BCUT2D eigenvalue weighted by atomic mass is 16.1. The first-order valence-electron chi connectivity index (χ1n) is 10.8. The fourth-order valence-electron chi connectivity index (χ4n) is 3.33. The lowest BCUT2D eigenvalue weighted by Crippen LogP contribution is -2.22. The monoisotopic (exact) mass is 410 g/mol. The molecule has 1 N–H and O–H groups in total. The maximum absolute atomic E-state index is 12.2. The van der Waals surface area contributed by atoms with Crippen molar-refractivity contribution in [1.29, 1.82) is 0 Å². The number of hydrogen-bond acceptors (Lipinski definition) is 2. The predicted octanol–water partition coefficient (Wildman–Crippen LogP) is 5.83. The van der Waals surface area contributed by atoms with Gasteiger partial charge in [0.15, 0.2) is 0 Å². The summed E-state index contributed by atoms with van der Waals surface area (Å²) in [6.45, 7) is 4.84. The van der Waals surface area contributed by atoms with Crippen molar-refractivity contribution < 1.29 is 4.79 Å². The summed E-state index contributed by atoms with van der Waals surface area (Å²) < 4.78 is 0. The van der Waals surface area contributed by atoms with Gasteiger partial charge in [-0.25, -0.2) is 0 Å². The van der Waals surface area contributed by atoms with Crippen LogP contribution in [0.3, 0.4) is 0 Å². The second-order valence-corrected chi connectivity index (χ2v) is 7.78. The number of aromatic nitrogens is 1. The SMILES string of the molecule is Cc1ccc(C(=CC=CC(=O)NCCCCc2cccnc2)c2ccc(C)cc2)cc1. The topological polar surface area (TPSA) is 42.0 Å². The van der Waals surface area contributed by atoms with Crippen LogP contribution in [0.1, 0.15) is 40.7 Å². The van der Waals surface area contributed by atoms with Crippen molar-refractivity contribution >= 4 is 11.5 Å². The van der Waals surface area contributed by atoms with Crippen LogP contribution in [-0.2, 0) is 11.2 Å². The van der Waals surface area contributed by atoms with Crippen LogP contribution in [0.15, 0.2) is 91.3 Å². The van der Waals surface area contributed by atoms with E-state index < -0.39 is 0 Å². The summed E-state index contributed by atoms with van der Waals surface area (Å²) in [5.41, 5.74) is 7.06. The smallest absolute Gasteiger partial charge is 0.243 e. The van der Waals surface area contributed by atoms with E-state index in [0.717, 1.165) is 36.0 Å². The van der Waals surface area contributed by atoms with E-state index in [2.05, 4.69) is 78.7 Å². The molecule has 3 heteroatoms. The Morgan fingerprint density at radius 1 is 0.903 bits per heavy atom. The highest BCUT2D eigenvalue weighted by Crippen LogP contribution is 2.24. The molecule has 31 heavy (non-hydrogen) atoms. The molecule has 0 aliphatic carbocycles. The van der Waals surface area contributed by atoms with Gasteiger partial charge < -0.3 is 5.32 Å². The number of benzene rings is 2. The van der Waals surface area contributed by atoms with E-state index in [9.17, 15) is 4.79 Å². The number of allylic oxidation sites excluding steroid dienone is 2. The Kier molecular flexibility index (Phi) is 8.36. The van der Waals surface area contributed by atoms with E-state index in [4.69, 9.17) is 0 Å². The quantitative estimate of drug-likeness (QED) is 0.274. The predicted molar refractivity (Wildman–Crippen MR) is 129 cm³/mol. The summed E-state index contributed by atoms with van der Waals surface area (Å²) in [6.07, 6.45) is 12.1. The maximum atomic E-state index is 12.2. The van der Waals surface area contributed by atoms with Crippen LogP contribution in [-0.4, -0.2) is 17.4 Å². The van der Waals surface area contributed by atoms with Crippen LogP contribution in [0.4, 0.5) is 0 Å².